The number of ether oxygens (including phenoxy) is 1. The monoisotopic (exact) mass is 245 g/mol. The smallest absolute Gasteiger partial charge is 0.322 e. The van der Waals surface area contributed by atoms with Gasteiger partial charge >= 0.3 is 5.97 Å². The van der Waals surface area contributed by atoms with Gasteiger partial charge in [-0.05, 0) is 30.2 Å². The van der Waals surface area contributed by atoms with E-state index in [9.17, 15) is 9.18 Å². The molecule has 1 aromatic rings. The van der Waals surface area contributed by atoms with Gasteiger partial charge in [0.1, 0.15) is 11.9 Å². The Balaban J connectivity index is 2.89. The molecule has 0 aliphatic carbocycles. The number of hydrogen-bond acceptors (Lipinski definition) is 3. The first-order valence-electron chi connectivity index (χ1n) is 4.73. The fourth-order valence-corrected chi connectivity index (χ4v) is 1.50. The Morgan fingerprint density at radius 3 is 2.81 bits per heavy atom. The molecule has 0 bridgehead atoms. The summed E-state index contributed by atoms with van der Waals surface area (Å²) in [6.45, 7) is 1.70. The van der Waals surface area contributed by atoms with Crippen LogP contribution < -0.4 is 5.73 Å². The molecule has 88 valence electrons. The van der Waals surface area contributed by atoms with Crippen molar-refractivity contribution in [3.8, 4) is 0 Å². The zero-order valence-corrected chi connectivity index (χ0v) is 9.84. The summed E-state index contributed by atoms with van der Waals surface area (Å²) in [5, 5.41) is 0.452. The predicted octanol–water partition coefficient (Wildman–Crippen LogP) is 1.83. The van der Waals surface area contributed by atoms with Crippen LogP contribution in [0.5, 0.6) is 0 Å². The predicted molar refractivity (Wildman–Crippen MR) is 59.8 cm³/mol. The summed E-state index contributed by atoms with van der Waals surface area (Å²) in [5.41, 5.74) is 6.49. The van der Waals surface area contributed by atoms with Gasteiger partial charge in [0.05, 0.1) is 7.11 Å². The number of benzene rings is 1. The molecule has 0 unspecified atom stereocenters. The van der Waals surface area contributed by atoms with Crippen LogP contribution in [0.4, 0.5) is 4.39 Å². The van der Waals surface area contributed by atoms with E-state index in [0.717, 1.165) is 0 Å². The summed E-state index contributed by atoms with van der Waals surface area (Å²) in [5.74, 6) is -0.989. The van der Waals surface area contributed by atoms with Crippen molar-refractivity contribution in [2.45, 2.75) is 19.4 Å². The van der Waals surface area contributed by atoms with Gasteiger partial charge in [-0.25, -0.2) is 4.39 Å². The van der Waals surface area contributed by atoms with Crippen LogP contribution in [0.2, 0.25) is 5.02 Å². The van der Waals surface area contributed by atoms with Crippen molar-refractivity contribution in [3.05, 3.63) is 34.1 Å². The second-order valence-electron chi connectivity index (χ2n) is 3.53. The minimum absolute atomic E-state index is 0.0680. The average Bonchev–Trinajstić information content (AvgIpc) is 2.24. The van der Waals surface area contributed by atoms with Crippen LogP contribution in [0.1, 0.15) is 11.1 Å². The number of rotatable bonds is 3. The van der Waals surface area contributed by atoms with Crippen LogP contribution >= 0.6 is 11.6 Å². The Morgan fingerprint density at radius 2 is 2.25 bits per heavy atom. The first-order chi connectivity index (χ1) is 7.45. The van der Waals surface area contributed by atoms with Crippen molar-refractivity contribution >= 4 is 17.6 Å². The van der Waals surface area contributed by atoms with E-state index >= 15 is 0 Å². The summed E-state index contributed by atoms with van der Waals surface area (Å²) >= 11 is 5.86. The third-order valence-corrected chi connectivity index (χ3v) is 2.68. The molecule has 0 radical (unpaired) electrons. The normalized spacial score (nSPS) is 12.3. The third-order valence-electron chi connectivity index (χ3n) is 2.27. The van der Waals surface area contributed by atoms with Crippen LogP contribution in [-0.4, -0.2) is 19.1 Å². The summed E-state index contributed by atoms with van der Waals surface area (Å²) in [6.07, 6.45) is 0.0680. The van der Waals surface area contributed by atoms with Crippen molar-refractivity contribution in [3.63, 3.8) is 0 Å². The van der Waals surface area contributed by atoms with E-state index in [0.29, 0.717) is 16.1 Å². The first-order valence-corrected chi connectivity index (χ1v) is 5.11. The largest absolute Gasteiger partial charge is 0.468 e. The second kappa shape index (κ2) is 5.27. The highest BCUT2D eigenvalue weighted by atomic mass is 35.5. The molecule has 0 aromatic heterocycles. The Kier molecular flexibility index (Phi) is 4.26. The molecule has 0 aliphatic rings. The number of nitrogens with two attached hydrogens (primary N) is 1. The van der Waals surface area contributed by atoms with Gasteiger partial charge in [0.2, 0.25) is 0 Å². The highest BCUT2D eigenvalue weighted by Crippen LogP contribution is 2.20. The van der Waals surface area contributed by atoms with Gasteiger partial charge in [-0.15, -0.1) is 0 Å². The molecule has 2 N–H and O–H groups in total. The minimum Gasteiger partial charge on any atom is -0.468 e. The molecule has 5 heteroatoms. The summed E-state index contributed by atoms with van der Waals surface area (Å²) in [4.78, 5) is 11.1. The van der Waals surface area contributed by atoms with Gasteiger partial charge in [-0.2, -0.15) is 0 Å². The standard InChI is InChI=1S/C11H13ClFNO2/c1-6-3-9(13)7(4-8(6)12)5-10(14)11(15)16-2/h3-4,10H,5,14H2,1-2H3/t10-/m1/s1. The molecule has 1 aromatic carbocycles. The molecular formula is C11H13ClFNO2. The summed E-state index contributed by atoms with van der Waals surface area (Å²) in [6, 6.07) is 1.93. The van der Waals surface area contributed by atoms with E-state index in [1.165, 1.54) is 19.2 Å². The van der Waals surface area contributed by atoms with E-state index in [-0.39, 0.29) is 6.42 Å². The molecule has 0 spiro atoms. The number of methoxy groups -OCH3 is 1. The molecule has 16 heavy (non-hydrogen) atoms. The molecule has 0 heterocycles. The number of halogens is 2. The Bertz CT molecular complexity index is 409. The third kappa shape index (κ3) is 2.93. The zero-order chi connectivity index (χ0) is 12.3. The zero-order valence-electron chi connectivity index (χ0n) is 9.09. The first kappa shape index (κ1) is 12.9. The van der Waals surface area contributed by atoms with Crippen molar-refractivity contribution in [2.75, 3.05) is 7.11 Å². The van der Waals surface area contributed by atoms with E-state index < -0.39 is 17.8 Å². The molecular weight excluding hydrogens is 233 g/mol. The Labute approximate surface area is 98.3 Å². The SMILES string of the molecule is COC(=O)[C@H](N)Cc1cc(Cl)c(C)cc1F. The van der Waals surface area contributed by atoms with E-state index in [4.69, 9.17) is 17.3 Å². The Morgan fingerprint density at radius 1 is 1.62 bits per heavy atom. The molecule has 1 atom stereocenters. The van der Waals surface area contributed by atoms with Crippen LogP contribution in [-0.2, 0) is 16.0 Å². The maximum atomic E-state index is 13.5. The van der Waals surface area contributed by atoms with Gasteiger partial charge in [-0.1, -0.05) is 11.6 Å². The van der Waals surface area contributed by atoms with Gasteiger partial charge in [0.25, 0.3) is 0 Å². The maximum absolute atomic E-state index is 13.5. The topological polar surface area (TPSA) is 52.3 Å². The highest BCUT2D eigenvalue weighted by molar-refractivity contribution is 6.31. The maximum Gasteiger partial charge on any atom is 0.322 e. The van der Waals surface area contributed by atoms with Crippen LogP contribution in [0, 0.1) is 12.7 Å². The van der Waals surface area contributed by atoms with Crippen LogP contribution in [0.15, 0.2) is 12.1 Å². The number of esters is 1. The molecule has 3 nitrogen and oxygen atoms in total. The number of carbonyl (C=O) groups is 1. The van der Waals surface area contributed by atoms with Crippen LogP contribution in [0.3, 0.4) is 0 Å². The fraction of sp³-hybridized carbons (Fsp3) is 0.364. The lowest BCUT2D eigenvalue weighted by molar-refractivity contribution is -0.142. The van der Waals surface area contributed by atoms with Gasteiger partial charge in [-0.3, -0.25) is 4.79 Å². The van der Waals surface area contributed by atoms with Crippen molar-refractivity contribution in [1.29, 1.82) is 0 Å². The fourth-order valence-electron chi connectivity index (χ4n) is 1.32. The molecule has 1 rings (SSSR count). The van der Waals surface area contributed by atoms with Gasteiger partial charge in [0, 0.05) is 11.4 Å². The van der Waals surface area contributed by atoms with Gasteiger partial charge < -0.3 is 10.5 Å². The second-order valence-corrected chi connectivity index (χ2v) is 3.93. The lowest BCUT2D eigenvalue weighted by Crippen LogP contribution is -2.33. The summed E-state index contributed by atoms with van der Waals surface area (Å²) in [7, 11) is 1.24. The van der Waals surface area contributed by atoms with E-state index in [1.807, 2.05) is 0 Å². The van der Waals surface area contributed by atoms with Crippen LogP contribution in [0.25, 0.3) is 0 Å². The van der Waals surface area contributed by atoms with Crippen molar-refractivity contribution in [1.82, 2.24) is 0 Å². The quantitative estimate of drug-likeness (QED) is 0.827. The molecule has 0 fully saturated rings. The Hall–Kier alpha value is -1.13. The minimum atomic E-state index is -0.877. The number of aryl methyl sites for hydroxylation is 1. The van der Waals surface area contributed by atoms with Crippen molar-refractivity contribution in [2.24, 2.45) is 5.73 Å². The molecule has 0 amide bonds. The molecule has 0 saturated heterocycles. The number of carbonyl (C=O) groups excluding carboxylic acids is 1. The highest BCUT2D eigenvalue weighted by Gasteiger charge is 2.17. The van der Waals surface area contributed by atoms with Gasteiger partial charge in [0.15, 0.2) is 0 Å². The van der Waals surface area contributed by atoms with E-state index in [1.54, 1.807) is 6.92 Å². The summed E-state index contributed by atoms with van der Waals surface area (Å²) < 4.78 is 18.0. The lowest BCUT2D eigenvalue weighted by Gasteiger charge is -2.11. The average molecular weight is 246 g/mol. The van der Waals surface area contributed by atoms with E-state index in [2.05, 4.69) is 4.74 Å². The number of hydrogen-bond donors (Lipinski definition) is 1. The lowest BCUT2D eigenvalue weighted by atomic mass is 10.0. The molecule has 0 aliphatic heterocycles. The van der Waals surface area contributed by atoms with Crippen molar-refractivity contribution < 1.29 is 13.9 Å². The molecule has 0 saturated carbocycles.